The fourth-order valence-corrected chi connectivity index (χ4v) is 2.35. The zero-order valence-electron chi connectivity index (χ0n) is 12.0. The summed E-state index contributed by atoms with van der Waals surface area (Å²) in [6.45, 7) is 4.31. The molecule has 1 aliphatic rings. The Balaban J connectivity index is 1.93. The Morgan fingerprint density at radius 3 is 2.50 bits per heavy atom. The maximum Gasteiger partial charge on any atom is 0.230 e. The molecule has 1 fully saturated rings. The lowest BCUT2D eigenvalue weighted by atomic mass is 10.2. The molecule has 0 atom stereocenters. The van der Waals surface area contributed by atoms with E-state index in [-0.39, 0.29) is 18.1 Å². The quantitative estimate of drug-likeness (QED) is 0.778. The minimum Gasteiger partial charge on any atom is -0.497 e. The van der Waals surface area contributed by atoms with Gasteiger partial charge in [-0.15, -0.1) is 0 Å². The van der Waals surface area contributed by atoms with Crippen molar-refractivity contribution in [2.45, 2.75) is 13.3 Å². The van der Waals surface area contributed by atoms with Crippen molar-refractivity contribution in [1.29, 1.82) is 0 Å². The Hall–Kier alpha value is -2.04. The lowest BCUT2D eigenvalue weighted by Gasteiger charge is -2.36. The zero-order chi connectivity index (χ0) is 14.5. The minimum absolute atomic E-state index is 0.0131. The third-order valence-corrected chi connectivity index (χ3v) is 3.45. The van der Waals surface area contributed by atoms with Crippen LogP contribution in [0.4, 0.5) is 5.69 Å². The summed E-state index contributed by atoms with van der Waals surface area (Å²) in [6, 6.07) is 7.90. The van der Waals surface area contributed by atoms with Gasteiger partial charge in [0.15, 0.2) is 0 Å². The normalized spacial score (nSPS) is 15.1. The topological polar surface area (TPSA) is 49.9 Å². The molecule has 0 spiro atoms. The number of nitrogens with zero attached hydrogens (tertiary/aromatic N) is 2. The van der Waals surface area contributed by atoms with Gasteiger partial charge in [-0.1, -0.05) is 6.07 Å². The van der Waals surface area contributed by atoms with E-state index in [9.17, 15) is 9.59 Å². The van der Waals surface area contributed by atoms with E-state index in [0.717, 1.165) is 24.5 Å². The summed E-state index contributed by atoms with van der Waals surface area (Å²) >= 11 is 0. The van der Waals surface area contributed by atoms with Gasteiger partial charge in [0.25, 0.3) is 0 Å². The molecular weight excluding hydrogens is 256 g/mol. The maximum absolute atomic E-state index is 11.8. The van der Waals surface area contributed by atoms with Gasteiger partial charge in [0, 0.05) is 37.9 Å². The van der Waals surface area contributed by atoms with Crippen molar-refractivity contribution < 1.29 is 14.3 Å². The van der Waals surface area contributed by atoms with Crippen LogP contribution in [0.25, 0.3) is 0 Å². The molecule has 5 nitrogen and oxygen atoms in total. The predicted molar refractivity (Wildman–Crippen MR) is 77.1 cm³/mol. The van der Waals surface area contributed by atoms with Crippen molar-refractivity contribution in [3.63, 3.8) is 0 Å². The van der Waals surface area contributed by atoms with Gasteiger partial charge in [0.05, 0.1) is 13.5 Å². The van der Waals surface area contributed by atoms with E-state index in [2.05, 4.69) is 4.90 Å². The summed E-state index contributed by atoms with van der Waals surface area (Å²) in [5.74, 6) is 0.686. The predicted octanol–water partition coefficient (Wildman–Crippen LogP) is 1.32. The third-order valence-electron chi connectivity index (χ3n) is 3.45. The number of hydrogen-bond donors (Lipinski definition) is 0. The van der Waals surface area contributed by atoms with Gasteiger partial charge in [-0.3, -0.25) is 9.59 Å². The fraction of sp³-hybridized carbons (Fsp3) is 0.467. The van der Waals surface area contributed by atoms with Gasteiger partial charge in [0.2, 0.25) is 5.91 Å². The van der Waals surface area contributed by atoms with Gasteiger partial charge in [-0.25, -0.2) is 0 Å². The maximum atomic E-state index is 11.8. The van der Waals surface area contributed by atoms with E-state index >= 15 is 0 Å². The number of methoxy groups -OCH3 is 1. The Morgan fingerprint density at radius 2 is 1.90 bits per heavy atom. The fourth-order valence-electron chi connectivity index (χ4n) is 2.35. The van der Waals surface area contributed by atoms with Crippen LogP contribution in [0.5, 0.6) is 5.75 Å². The van der Waals surface area contributed by atoms with E-state index in [1.807, 2.05) is 24.3 Å². The number of carbonyl (C=O) groups excluding carboxylic acids is 2. The summed E-state index contributed by atoms with van der Waals surface area (Å²) in [6.07, 6.45) is 0.0131. The molecule has 20 heavy (non-hydrogen) atoms. The second kappa shape index (κ2) is 6.41. The van der Waals surface area contributed by atoms with Crippen molar-refractivity contribution in [3.8, 4) is 5.75 Å². The second-order valence-electron chi connectivity index (χ2n) is 4.95. The molecule has 0 aliphatic carbocycles. The van der Waals surface area contributed by atoms with E-state index in [1.54, 1.807) is 12.0 Å². The first kappa shape index (κ1) is 14.4. The molecule has 1 saturated heterocycles. The Kier molecular flexibility index (Phi) is 4.61. The summed E-state index contributed by atoms with van der Waals surface area (Å²) in [4.78, 5) is 26.8. The van der Waals surface area contributed by atoms with Crippen molar-refractivity contribution >= 4 is 17.4 Å². The van der Waals surface area contributed by atoms with Crippen LogP contribution in [0, 0.1) is 0 Å². The lowest BCUT2D eigenvalue weighted by molar-refractivity contribution is -0.135. The minimum atomic E-state index is -0.0785. The van der Waals surface area contributed by atoms with E-state index in [1.165, 1.54) is 6.92 Å². The van der Waals surface area contributed by atoms with Gasteiger partial charge >= 0.3 is 0 Å². The lowest BCUT2D eigenvalue weighted by Crippen LogP contribution is -2.49. The molecule has 0 saturated carbocycles. The molecule has 0 bridgehead atoms. The van der Waals surface area contributed by atoms with E-state index < -0.39 is 0 Å². The number of carbonyl (C=O) groups is 2. The molecular formula is C15H20N2O3. The summed E-state index contributed by atoms with van der Waals surface area (Å²) < 4.78 is 5.22. The first-order chi connectivity index (χ1) is 9.60. The summed E-state index contributed by atoms with van der Waals surface area (Å²) in [5, 5.41) is 0. The molecule has 0 aromatic heterocycles. The van der Waals surface area contributed by atoms with Crippen LogP contribution in [-0.4, -0.2) is 49.9 Å². The largest absolute Gasteiger partial charge is 0.497 e. The molecule has 1 aromatic rings. The van der Waals surface area contributed by atoms with Crippen LogP contribution < -0.4 is 9.64 Å². The van der Waals surface area contributed by atoms with Crippen LogP contribution >= 0.6 is 0 Å². The number of ether oxygens (including phenoxy) is 1. The molecule has 108 valence electrons. The molecule has 5 heteroatoms. The monoisotopic (exact) mass is 276 g/mol. The number of amides is 1. The van der Waals surface area contributed by atoms with E-state index in [4.69, 9.17) is 4.74 Å². The number of benzene rings is 1. The first-order valence-electron chi connectivity index (χ1n) is 6.76. The summed E-state index contributed by atoms with van der Waals surface area (Å²) in [5.41, 5.74) is 1.10. The van der Waals surface area contributed by atoms with Gasteiger partial charge in [-0.05, 0) is 19.1 Å². The average Bonchev–Trinajstić information content (AvgIpc) is 2.47. The Morgan fingerprint density at radius 1 is 1.20 bits per heavy atom. The third kappa shape index (κ3) is 3.50. The molecule has 1 amide bonds. The summed E-state index contributed by atoms with van der Waals surface area (Å²) in [7, 11) is 1.65. The van der Waals surface area contributed by atoms with Crippen LogP contribution in [-0.2, 0) is 9.59 Å². The van der Waals surface area contributed by atoms with Gasteiger partial charge in [-0.2, -0.15) is 0 Å². The number of rotatable bonds is 4. The second-order valence-corrected chi connectivity index (χ2v) is 4.95. The number of anilines is 1. The van der Waals surface area contributed by atoms with Crippen LogP contribution in [0.2, 0.25) is 0 Å². The molecule has 0 unspecified atom stereocenters. The highest BCUT2D eigenvalue weighted by Gasteiger charge is 2.22. The molecule has 1 aliphatic heterocycles. The van der Waals surface area contributed by atoms with E-state index in [0.29, 0.717) is 13.1 Å². The molecule has 1 aromatic carbocycles. The average molecular weight is 276 g/mol. The molecule has 0 radical (unpaired) electrons. The molecule has 1 heterocycles. The standard InChI is InChI=1S/C15H20N2O3/c1-12(18)10-15(19)17-8-6-16(7-9-17)13-4-3-5-14(11-13)20-2/h3-5,11H,6-10H2,1-2H3. The van der Waals surface area contributed by atoms with Crippen LogP contribution in [0.15, 0.2) is 24.3 Å². The highest BCUT2D eigenvalue weighted by atomic mass is 16.5. The zero-order valence-corrected chi connectivity index (χ0v) is 12.0. The number of Topliss-reactive ketones (excluding diaryl/α,β-unsaturated/α-hetero) is 1. The van der Waals surface area contributed by atoms with Crippen molar-refractivity contribution in [2.24, 2.45) is 0 Å². The first-order valence-corrected chi connectivity index (χ1v) is 6.76. The van der Waals surface area contributed by atoms with Crippen molar-refractivity contribution in [2.75, 3.05) is 38.2 Å². The smallest absolute Gasteiger partial charge is 0.230 e. The molecule has 2 rings (SSSR count). The van der Waals surface area contributed by atoms with Crippen molar-refractivity contribution in [3.05, 3.63) is 24.3 Å². The van der Waals surface area contributed by atoms with Crippen molar-refractivity contribution in [1.82, 2.24) is 4.90 Å². The highest BCUT2D eigenvalue weighted by Crippen LogP contribution is 2.22. The SMILES string of the molecule is COc1cccc(N2CCN(C(=O)CC(C)=O)CC2)c1. The highest BCUT2D eigenvalue weighted by molar-refractivity contribution is 5.96. The number of ketones is 1. The Bertz CT molecular complexity index is 494. The van der Waals surface area contributed by atoms with Gasteiger partial charge < -0.3 is 14.5 Å². The van der Waals surface area contributed by atoms with Crippen LogP contribution in [0.3, 0.4) is 0 Å². The number of piperazine rings is 1. The van der Waals surface area contributed by atoms with Crippen LogP contribution in [0.1, 0.15) is 13.3 Å². The van der Waals surface area contributed by atoms with Gasteiger partial charge in [0.1, 0.15) is 11.5 Å². The molecule has 0 N–H and O–H groups in total. The number of hydrogen-bond acceptors (Lipinski definition) is 4. The Labute approximate surface area is 119 Å².